The summed E-state index contributed by atoms with van der Waals surface area (Å²) in [6, 6.07) is 12.8. The van der Waals surface area contributed by atoms with Crippen LogP contribution in [0.25, 0.3) is 0 Å². The van der Waals surface area contributed by atoms with Crippen LogP contribution in [-0.2, 0) is 16.0 Å². The number of hydrogen-bond donors (Lipinski definition) is 0. The Bertz CT molecular complexity index is 1240. The van der Waals surface area contributed by atoms with Crippen LogP contribution in [0.3, 0.4) is 0 Å². The zero-order valence-corrected chi connectivity index (χ0v) is 21.3. The summed E-state index contributed by atoms with van der Waals surface area (Å²) in [6.45, 7) is 1.92. The summed E-state index contributed by atoms with van der Waals surface area (Å²) in [6.07, 6.45) is 6.13. The number of imide groups is 1. The molecule has 2 saturated carbocycles. The van der Waals surface area contributed by atoms with E-state index in [1.54, 1.807) is 23.1 Å². The second-order valence-corrected chi connectivity index (χ2v) is 10.9. The number of methoxy groups -OCH3 is 1. The number of benzene rings is 2. The molecule has 6 atom stereocenters. The maximum Gasteiger partial charge on any atom is 0.263 e. The van der Waals surface area contributed by atoms with E-state index < -0.39 is 0 Å². The molecule has 0 spiro atoms. The Balaban J connectivity index is 1.39. The van der Waals surface area contributed by atoms with Gasteiger partial charge in [-0.2, -0.15) is 0 Å². The smallest absolute Gasteiger partial charge is 0.263 e. The summed E-state index contributed by atoms with van der Waals surface area (Å²) in [7, 11) is 1.53. The van der Waals surface area contributed by atoms with Gasteiger partial charge in [0.05, 0.1) is 24.5 Å². The molecule has 7 rings (SSSR count). The van der Waals surface area contributed by atoms with E-state index in [1.807, 2.05) is 31.2 Å². The van der Waals surface area contributed by atoms with Crippen LogP contribution in [0.4, 0.5) is 5.69 Å². The second kappa shape index (κ2) is 8.33. The fourth-order valence-corrected chi connectivity index (χ4v) is 7.03. The summed E-state index contributed by atoms with van der Waals surface area (Å²) in [4.78, 5) is 44.2. The summed E-state index contributed by atoms with van der Waals surface area (Å²) >= 11 is 3.52. The molecule has 0 radical (unpaired) electrons. The Kier molecular flexibility index (Phi) is 5.36. The molecule has 1 heterocycles. The lowest BCUT2D eigenvalue weighted by Gasteiger charge is -2.37. The first-order valence-corrected chi connectivity index (χ1v) is 13.0. The molecule has 0 N–H and O–H groups in total. The van der Waals surface area contributed by atoms with Gasteiger partial charge in [-0.3, -0.25) is 24.2 Å². The van der Waals surface area contributed by atoms with Gasteiger partial charge in [-0.15, -0.1) is 0 Å². The zero-order valence-electron chi connectivity index (χ0n) is 19.7. The van der Waals surface area contributed by atoms with E-state index in [9.17, 15) is 14.4 Å². The molecule has 2 bridgehead atoms. The predicted molar refractivity (Wildman–Crippen MR) is 135 cm³/mol. The standard InChI is InChI=1S/C28H27BrN2O4/c1-3-15-12-16(29)8-11-22(15)30(26(32)19-6-4-5-7-23(19)35-2)14-31-27(33)24-17-9-10-18(21-13-20(17)21)25(24)28(31)34/h4-12,17-18,20-21,24-25H,3,13-14H2,1-2H3. The van der Waals surface area contributed by atoms with Crippen LogP contribution in [0.2, 0.25) is 0 Å². The number of aryl methyl sites for hydroxylation is 1. The average molecular weight is 535 g/mol. The lowest BCUT2D eigenvalue weighted by molar-refractivity contribution is -0.140. The van der Waals surface area contributed by atoms with Gasteiger partial charge in [0.2, 0.25) is 11.8 Å². The molecule has 6 unspecified atom stereocenters. The minimum Gasteiger partial charge on any atom is -0.496 e. The molecule has 2 aromatic rings. The molecule has 3 fully saturated rings. The molecule has 1 aliphatic heterocycles. The quantitative estimate of drug-likeness (QED) is 0.398. The molecule has 4 aliphatic carbocycles. The highest BCUT2D eigenvalue weighted by molar-refractivity contribution is 9.10. The van der Waals surface area contributed by atoms with Crippen LogP contribution in [-0.4, -0.2) is 36.4 Å². The van der Waals surface area contributed by atoms with E-state index in [4.69, 9.17) is 4.74 Å². The normalized spacial score (nSPS) is 29.7. The first kappa shape index (κ1) is 22.5. The zero-order chi connectivity index (χ0) is 24.4. The third-order valence-corrected chi connectivity index (χ3v) is 8.83. The number of para-hydroxylation sites is 1. The number of allylic oxidation sites excluding steroid dienone is 2. The molecule has 3 amide bonds. The second-order valence-electron chi connectivity index (χ2n) is 9.96. The van der Waals surface area contributed by atoms with Crippen LogP contribution < -0.4 is 9.64 Å². The highest BCUT2D eigenvalue weighted by Gasteiger charge is 2.67. The maximum atomic E-state index is 14.0. The lowest BCUT2D eigenvalue weighted by atomic mass is 9.63. The monoisotopic (exact) mass is 534 g/mol. The number of nitrogens with zero attached hydrogens (tertiary/aromatic N) is 2. The van der Waals surface area contributed by atoms with Gasteiger partial charge < -0.3 is 4.74 Å². The molecule has 180 valence electrons. The van der Waals surface area contributed by atoms with Gasteiger partial charge in [-0.25, -0.2) is 0 Å². The van der Waals surface area contributed by atoms with Crippen molar-refractivity contribution < 1.29 is 19.1 Å². The predicted octanol–water partition coefficient (Wildman–Crippen LogP) is 4.68. The first-order chi connectivity index (χ1) is 16.9. The Morgan fingerprint density at radius 3 is 2.34 bits per heavy atom. The van der Waals surface area contributed by atoms with Crippen molar-refractivity contribution in [1.29, 1.82) is 0 Å². The highest BCUT2D eigenvalue weighted by Crippen LogP contribution is 2.65. The molecule has 7 heteroatoms. The molecule has 1 saturated heterocycles. The summed E-state index contributed by atoms with van der Waals surface area (Å²) < 4.78 is 6.37. The van der Waals surface area contributed by atoms with Crippen LogP contribution >= 0.6 is 15.9 Å². The van der Waals surface area contributed by atoms with E-state index in [2.05, 4.69) is 28.1 Å². The summed E-state index contributed by atoms with van der Waals surface area (Å²) in [5, 5.41) is 0. The van der Waals surface area contributed by atoms with Gasteiger partial charge in [0.25, 0.3) is 5.91 Å². The number of anilines is 1. The third-order valence-electron chi connectivity index (χ3n) is 8.33. The number of carbonyl (C=O) groups excluding carboxylic acids is 3. The van der Waals surface area contributed by atoms with Crippen molar-refractivity contribution in [3.63, 3.8) is 0 Å². The van der Waals surface area contributed by atoms with Gasteiger partial charge in [-0.1, -0.05) is 47.1 Å². The van der Waals surface area contributed by atoms with E-state index >= 15 is 0 Å². The van der Waals surface area contributed by atoms with Crippen LogP contribution in [0, 0.1) is 35.5 Å². The lowest BCUT2D eigenvalue weighted by Crippen LogP contribution is -2.45. The van der Waals surface area contributed by atoms with Gasteiger partial charge in [0, 0.05) is 10.2 Å². The van der Waals surface area contributed by atoms with Gasteiger partial charge in [0.15, 0.2) is 0 Å². The first-order valence-electron chi connectivity index (χ1n) is 12.2. The van der Waals surface area contributed by atoms with Crippen molar-refractivity contribution in [3.8, 4) is 5.75 Å². The Morgan fingerprint density at radius 2 is 1.71 bits per heavy atom. The van der Waals surface area contributed by atoms with Crippen molar-refractivity contribution in [2.75, 3.05) is 18.7 Å². The van der Waals surface area contributed by atoms with Gasteiger partial charge in [0.1, 0.15) is 12.4 Å². The van der Waals surface area contributed by atoms with Crippen molar-refractivity contribution >= 4 is 39.3 Å². The minimum absolute atomic E-state index is 0.106. The molecule has 0 aromatic heterocycles. The fraction of sp³-hybridized carbons (Fsp3) is 0.393. The van der Waals surface area contributed by atoms with E-state index in [1.165, 1.54) is 12.0 Å². The summed E-state index contributed by atoms with van der Waals surface area (Å²) in [5.41, 5.74) is 2.02. The molecule has 6 nitrogen and oxygen atoms in total. The van der Waals surface area contributed by atoms with Crippen molar-refractivity contribution in [3.05, 3.63) is 70.2 Å². The SMILES string of the molecule is CCc1cc(Br)ccc1N(CN1C(=O)C2C3C=CC(C4CC34)C2C1=O)C(=O)c1ccccc1OC. The Hall–Kier alpha value is -2.93. The Morgan fingerprint density at radius 1 is 1.06 bits per heavy atom. The molecule has 5 aliphatic rings. The molecular weight excluding hydrogens is 508 g/mol. The molecular formula is C28H27BrN2O4. The topological polar surface area (TPSA) is 66.9 Å². The van der Waals surface area contributed by atoms with Crippen LogP contribution in [0.1, 0.15) is 29.3 Å². The minimum atomic E-state index is -0.307. The maximum absolute atomic E-state index is 14.0. The van der Waals surface area contributed by atoms with E-state index in [0.29, 0.717) is 35.3 Å². The fourth-order valence-electron chi connectivity index (χ4n) is 6.62. The number of halogens is 1. The van der Waals surface area contributed by atoms with E-state index in [0.717, 1.165) is 16.5 Å². The van der Waals surface area contributed by atoms with Crippen molar-refractivity contribution in [2.45, 2.75) is 19.8 Å². The van der Waals surface area contributed by atoms with Gasteiger partial charge in [-0.05, 0) is 72.4 Å². The van der Waals surface area contributed by atoms with Crippen LogP contribution in [0.5, 0.6) is 5.75 Å². The van der Waals surface area contributed by atoms with Crippen molar-refractivity contribution in [2.24, 2.45) is 35.5 Å². The highest BCUT2D eigenvalue weighted by atomic mass is 79.9. The number of amides is 3. The largest absolute Gasteiger partial charge is 0.496 e. The number of hydrogen-bond acceptors (Lipinski definition) is 4. The van der Waals surface area contributed by atoms with E-state index in [-0.39, 0.29) is 48.1 Å². The number of likely N-dealkylation sites (tertiary alicyclic amines) is 1. The van der Waals surface area contributed by atoms with Crippen molar-refractivity contribution in [1.82, 2.24) is 4.90 Å². The number of rotatable bonds is 6. The number of carbonyl (C=O) groups is 3. The summed E-state index contributed by atoms with van der Waals surface area (Å²) in [5.74, 6) is 0.643. The Labute approximate surface area is 213 Å². The average Bonchev–Trinajstić information content (AvgIpc) is 3.67. The molecule has 35 heavy (non-hydrogen) atoms. The third kappa shape index (κ3) is 3.39. The molecule has 2 aromatic carbocycles. The van der Waals surface area contributed by atoms with Gasteiger partial charge >= 0.3 is 0 Å². The number of ether oxygens (including phenoxy) is 1. The van der Waals surface area contributed by atoms with Crippen LogP contribution in [0.15, 0.2) is 59.1 Å².